The average Bonchev–Trinajstić information content (AvgIpc) is 2.34. The molecule has 0 spiro atoms. The Kier molecular flexibility index (Phi) is 7.03. The number of ether oxygens (including phenoxy) is 2. The molecular weight excluding hydrogens is 224 g/mol. The van der Waals surface area contributed by atoms with E-state index in [1.54, 1.807) is 20.8 Å². The molecule has 0 aromatic heterocycles. The number of hydrogen-bond acceptors (Lipinski definition) is 5. The number of methoxy groups -OCH3 is 1. The Hall–Kier alpha value is -0.910. The maximum Gasteiger partial charge on any atom is 0.336 e. The maximum absolute atomic E-state index is 11.4. The third kappa shape index (κ3) is 5.30. The van der Waals surface area contributed by atoms with Crippen LogP contribution in [0.25, 0.3) is 0 Å². The van der Waals surface area contributed by atoms with E-state index >= 15 is 0 Å². The summed E-state index contributed by atoms with van der Waals surface area (Å²) in [5, 5.41) is 0. The minimum Gasteiger partial charge on any atom is -0.463 e. The molecule has 0 rings (SSSR count). The molecule has 0 aromatic rings. The SMILES string of the molecule is C=C(C(=O)OCC)C(C)OOC(C)(CC)OC. The molecule has 0 N–H and O–H groups in total. The fraction of sp³-hybridized carbons (Fsp3) is 0.750. The molecule has 0 bridgehead atoms. The van der Waals surface area contributed by atoms with E-state index in [-0.39, 0.29) is 5.57 Å². The van der Waals surface area contributed by atoms with Gasteiger partial charge in [0.25, 0.3) is 0 Å². The summed E-state index contributed by atoms with van der Waals surface area (Å²) in [5.74, 6) is -1.32. The lowest BCUT2D eigenvalue weighted by atomic mass is 10.2. The predicted octanol–water partition coefficient (Wildman–Crippen LogP) is 2.21. The highest BCUT2D eigenvalue weighted by atomic mass is 17.2. The summed E-state index contributed by atoms with van der Waals surface area (Å²) in [6, 6.07) is 0. The lowest BCUT2D eigenvalue weighted by molar-refractivity contribution is -0.430. The summed E-state index contributed by atoms with van der Waals surface area (Å²) in [4.78, 5) is 21.6. The highest BCUT2D eigenvalue weighted by Crippen LogP contribution is 2.18. The van der Waals surface area contributed by atoms with Crippen LogP contribution in [0.15, 0.2) is 12.2 Å². The molecule has 2 atom stereocenters. The van der Waals surface area contributed by atoms with Gasteiger partial charge in [0, 0.05) is 13.5 Å². The molecule has 5 nitrogen and oxygen atoms in total. The van der Waals surface area contributed by atoms with Gasteiger partial charge in [0.15, 0.2) is 5.79 Å². The third-order valence-corrected chi connectivity index (χ3v) is 2.47. The summed E-state index contributed by atoms with van der Waals surface area (Å²) < 4.78 is 9.94. The minimum absolute atomic E-state index is 0.210. The van der Waals surface area contributed by atoms with E-state index in [0.29, 0.717) is 13.0 Å². The number of carbonyl (C=O) groups is 1. The molecule has 100 valence electrons. The van der Waals surface area contributed by atoms with Gasteiger partial charge in [-0.25, -0.2) is 14.6 Å². The Balaban J connectivity index is 4.22. The zero-order chi connectivity index (χ0) is 13.5. The van der Waals surface area contributed by atoms with Crippen molar-refractivity contribution in [2.45, 2.75) is 46.0 Å². The molecule has 0 aliphatic heterocycles. The van der Waals surface area contributed by atoms with Crippen LogP contribution < -0.4 is 0 Å². The van der Waals surface area contributed by atoms with Gasteiger partial charge in [-0.3, -0.25) is 0 Å². The zero-order valence-electron chi connectivity index (χ0n) is 11.2. The van der Waals surface area contributed by atoms with Crippen LogP contribution in [-0.2, 0) is 24.0 Å². The molecule has 0 saturated heterocycles. The Bertz CT molecular complexity index is 258. The second kappa shape index (κ2) is 7.42. The van der Waals surface area contributed by atoms with E-state index in [1.807, 2.05) is 6.92 Å². The molecule has 2 unspecified atom stereocenters. The van der Waals surface area contributed by atoms with Crippen molar-refractivity contribution in [2.24, 2.45) is 0 Å². The first-order chi connectivity index (χ1) is 7.90. The van der Waals surface area contributed by atoms with E-state index in [9.17, 15) is 4.79 Å². The summed E-state index contributed by atoms with van der Waals surface area (Å²) in [5.41, 5.74) is 0.210. The van der Waals surface area contributed by atoms with Crippen molar-refractivity contribution >= 4 is 5.97 Å². The van der Waals surface area contributed by atoms with Crippen molar-refractivity contribution in [1.82, 2.24) is 0 Å². The highest BCUT2D eigenvalue weighted by Gasteiger charge is 2.26. The largest absolute Gasteiger partial charge is 0.463 e. The topological polar surface area (TPSA) is 54.0 Å². The van der Waals surface area contributed by atoms with E-state index in [4.69, 9.17) is 19.2 Å². The van der Waals surface area contributed by atoms with E-state index < -0.39 is 17.9 Å². The summed E-state index contributed by atoms with van der Waals surface area (Å²) in [6.07, 6.45) is 0.0253. The molecule has 5 heteroatoms. The number of carbonyl (C=O) groups excluding carboxylic acids is 1. The fourth-order valence-corrected chi connectivity index (χ4v) is 0.859. The molecule has 0 saturated carbocycles. The Labute approximate surface area is 103 Å². The summed E-state index contributed by atoms with van der Waals surface area (Å²) in [7, 11) is 1.53. The van der Waals surface area contributed by atoms with Crippen molar-refractivity contribution in [3.8, 4) is 0 Å². The van der Waals surface area contributed by atoms with Crippen LogP contribution in [0.3, 0.4) is 0 Å². The maximum atomic E-state index is 11.4. The van der Waals surface area contributed by atoms with E-state index in [1.165, 1.54) is 7.11 Å². The van der Waals surface area contributed by atoms with Gasteiger partial charge in [0.05, 0.1) is 12.2 Å². The molecular formula is C12H22O5. The van der Waals surface area contributed by atoms with E-state index in [0.717, 1.165) is 0 Å². The average molecular weight is 246 g/mol. The molecule has 0 radical (unpaired) electrons. The third-order valence-electron chi connectivity index (χ3n) is 2.47. The first-order valence-electron chi connectivity index (χ1n) is 5.65. The van der Waals surface area contributed by atoms with Gasteiger partial charge in [0.2, 0.25) is 0 Å². The highest BCUT2D eigenvalue weighted by molar-refractivity contribution is 5.88. The molecule has 0 fully saturated rings. The van der Waals surface area contributed by atoms with Crippen LogP contribution in [0.1, 0.15) is 34.1 Å². The van der Waals surface area contributed by atoms with Crippen molar-refractivity contribution in [3.05, 3.63) is 12.2 Å². The first kappa shape index (κ1) is 16.1. The molecule has 0 aliphatic rings. The van der Waals surface area contributed by atoms with Crippen molar-refractivity contribution in [3.63, 3.8) is 0 Å². The van der Waals surface area contributed by atoms with Crippen LogP contribution in [0.2, 0.25) is 0 Å². The number of rotatable bonds is 8. The Morgan fingerprint density at radius 3 is 2.41 bits per heavy atom. The van der Waals surface area contributed by atoms with Crippen molar-refractivity contribution in [1.29, 1.82) is 0 Å². The molecule has 17 heavy (non-hydrogen) atoms. The lowest BCUT2D eigenvalue weighted by Gasteiger charge is -2.26. The predicted molar refractivity (Wildman–Crippen MR) is 63.1 cm³/mol. The van der Waals surface area contributed by atoms with Gasteiger partial charge in [-0.05, 0) is 20.8 Å². The van der Waals surface area contributed by atoms with Gasteiger partial charge in [-0.1, -0.05) is 13.5 Å². The normalized spacial score (nSPS) is 16.1. The minimum atomic E-state index is -0.830. The van der Waals surface area contributed by atoms with Crippen LogP contribution >= 0.6 is 0 Å². The van der Waals surface area contributed by atoms with Crippen LogP contribution in [0.4, 0.5) is 0 Å². The number of esters is 1. The fourth-order valence-electron chi connectivity index (χ4n) is 0.859. The van der Waals surface area contributed by atoms with Gasteiger partial charge >= 0.3 is 5.97 Å². The lowest BCUT2D eigenvalue weighted by Crippen LogP contribution is -2.33. The van der Waals surface area contributed by atoms with Crippen LogP contribution in [0, 0.1) is 0 Å². The molecule has 0 aromatic carbocycles. The van der Waals surface area contributed by atoms with Crippen molar-refractivity contribution in [2.75, 3.05) is 13.7 Å². The second-order valence-corrected chi connectivity index (χ2v) is 3.76. The molecule has 0 heterocycles. The van der Waals surface area contributed by atoms with Gasteiger partial charge < -0.3 is 9.47 Å². The summed E-state index contributed by atoms with van der Waals surface area (Å²) in [6.45, 7) is 10.9. The standard InChI is InChI=1S/C12H22O5/c1-7-12(5,14-6)17-16-10(4)9(3)11(13)15-8-2/h10H,3,7-8H2,1-2,4-6H3. The number of hydrogen-bond donors (Lipinski definition) is 0. The van der Waals surface area contributed by atoms with Gasteiger partial charge in [-0.15, -0.1) is 0 Å². The van der Waals surface area contributed by atoms with Crippen LogP contribution in [-0.4, -0.2) is 31.6 Å². The van der Waals surface area contributed by atoms with E-state index in [2.05, 4.69) is 6.58 Å². The molecule has 0 amide bonds. The molecule has 0 aliphatic carbocycles. The zero-order valence-corrected chi connectivity index (χ0v) is 11.2. The Morgan fingerprint density at radius 2 is 2.00 bits per heavy atom. The summed E-state index contributed by atoms with van der Waals surface area (Å²) >= 11 is 0. The first-order valence-corrected chi connectivity index (χ1v) is 5.65. The Morgan fingerprint density at radius 1 is 1.41 bits per heavy atom. The smallest absolute Gasteiger partial charge is 0.336 e. The quantitative estimate of drug-likeness (QED) is 0.216. The van der Waals surface area contributed by atoms with Crippen LogP contribution in [0.5, 0.6) is 0 Å². The van der Waals surface area contributed by atoms with Crippen molar-refractivity contribution < 1.29 is 24.0 Å². The monoisotopic (exact) mass is 246 g/mol. The van der Waals surface area contributed by atoms with Gasteiger partial charge in [0.1, 0.15) is 6.10 Å². The second-order valence-electron chi connectivity index (χ2n) is 3.76. The van der Waals surface area contributed by atoms with Gasteiger partial charge in [-0.2, -0.15) is 0 Å².